The predicted octanol–water partition coefficient (Wildman–Crippen LogP) is 4.53. The summed E-state index contributed by atoms with van der Waals surface area (Å²) in [5.41, 5.74) is 0.479. The van der Waals surface area contributed by atoms with Crippen LogP contribution in [-0.2, 0) is 24.6 Å². The van der Waals surface area contributed by atoms with E-state index in [-0.39, 0.29) is 23.6 Å². The molecule has 2 heterocycles. The van der Waals surface area contributed by atoms with E-state index in [0.29, 0.717) is 36.1 Å². The summed E-state index contributed by atoms with van der Waals surface area (Å²) in [5.74, 6) is -3.90. The SMILES string of the molecule is CCOc1ccc(N2C(=O)[C@@H]3[C@@H](C2=O)C2C=CC3(c3ccccc3)[C@H]3C(=O)N(c4ccc(OCC)cc4)C(=O)[C@@H]23)cc1. The fourth-order valence-corrected chi connectivity index (χ4v) is 7.70. The number of hydrogen-bond acceptors (Lipinski definition) is 6. The van der Waals surface area contributed by atoms with Crippen LogP contribution in [0.1, 0.15) is 19.4 Å². The first-order valence-electron chi connectivity index (χ1n) is 14.4. The first-order chi connectivity index (χ1) is 20.4. The Kier molecular flexibility index (Phi) is 6.04. The molecule has 42 heavy (non-hydrogen) atoms. The molecule has 0 N–H and O–H groups in total. The van der Waals surface area contributed by atoms with E-state index in [9.17, 15) is 19.2 Å². The number of benzene rings is 3. The number of rotatable bonds is 7. The van der Waals surface area contributed by atoms with Crippen molar-refractivity contribution < 1.29 is 28.7 Å². The second kappa shape index (κ2) is 9.69. The maximum absolute atomic E-state index is 14.4. The standard InChI is InChI=1S/C34H30N2O6/c1-3-41-23-14-10-21(11-15-23)35-30(37)26-25-18-19-34(28(26)32(35)39,20-8-6-5-7-9-20)29-27(25)31(38)36(33(29)40)22-12-16-24(17-13-22)42-4-2/h5-19,25-29H,3-4H2,1-2H3/t25?,26-,27-,28-,29+,34?/m0/s1. The third-order valence-corrected chi connectivity index (χ3v) is 9.24. The van der Waals surface area contributed by atoms with Gasteiger partial charge in [-0.05, 0) is 67.9 Å². The number of ether oxygens (including phenoxy) is 2. The molecule has 2 saturated heterocycles. The number of anilines is 2. The Morgan fingerprint density at radius 2 is 1.07 bits per heavy atom. The molecule has 8 heteroatoms. The normalized spacial score (nSPS) is 29.2. The van der Waals surface area contributed by atoms with Gasteiger partial charge in [0.25, 0.3) is 0 Å². The van der Waals surface area contributed by atoms with Crippen LogP contribution < -0.4 is 19.3 Å². The number of hydrogen-bond donors (Lipinski definition) is 0. The van der Waals surface area contributed by atoms with E-state index in [1.165, 1.54) is 9.80 Å². The lowest BCUT2D eigenvalue weighted by Gasteiger charge is -2.53. The lowest BCUT2D eigenvalue weighted by molar-refractivity contribution is -0.140. The molecule has 3 aliphatic carbocycles. The van der Waals surface area contributed by atoms with Crippen LogP contribution in [0.2, 0.25) is 0 Å². The van der Waals surface area contributed by atoms with Gasteiger partial charge in [-0.25, -0.2) is 9.80 Å². The van der Waals surface area contributed by atoms with E-state index in [2.05, 4.69) is 0 Å². The third kappa shape index (κ3) is 3.47. The second-order valence-electron chi connectivity index (χ2n) is 11.1. The van der Waals surface area contributed by atoms with Gasteiger partial charge in [-0.1, -0.05) is 42.5 Å². The number of imide groups is 2. The Labute approximate surface area is 243 Å². The fraction of sp³-hybridized carbons (Fsp3) is 0.294. The molecule has 3 aromatic rings. The Balaban J connectivity index is 1.35. The summed E-state index contributed by atoms with van der Waals surface area (Å²) in [6.07, 6.45) is 3.82. The minimum Gasteiger partial charge on any atom is -0.494 e. The van der Waals surface area contributed by atoms with Crippen LogP contribution in [0.4, 0.5) is 11.4 Å². The Morgan fingerprint density at radius 1 is 0.619 bits per heavy atom. The summed E-state index contributed by atoms with van der Waals surface area (Å²) >= 11 is 0. The molecule has 6 atom stereocenters. The Hall–Kier alpha value is -4.72. The lowest BCUT2D eigenvalue weighted by atomic mass is 9.45. The molecule has 4 amide bonds. The summed E-state index contributed by atoms with van der Waals surface area (Å²) in [6, 6.07) is 23.1. The van der Waals surface area contributed by atoms with Gasteiger partial charge in [0, 0.05) is 11.3 Å². The highest BCUT2D eigenvalue weighted by molar-refractivity contribution is 6.27. The van der Waals surface area contributed by atoms with Crippen molar-refractivity contribution in [1.29, 1.82) is 0 Å². The Morgan fingerprint density at radius 3 is 1.50 bits per heavy atom. The highest BCUT2D eigenvalue weighted by Crippen LogP contribution is 2.65. The summed E-state index contributed by atoms with van der Waals surface area (Å²) in [6.45, 7) is 4.76. The molecule has 2 unspecified atom stereocenters. The van der Waals surface area contributed by atoms with Crippen molar-refractivity contribution in [2.75, 3.05) is 23.0 Å². The third-order valence-electron chi connectivity index (χ3n) is 9.24. The monoisotopic (exact) mass is 562 g/mol. The second-order valence-corrected chi connectivity index (χ2v) is 11.1. The molecule has 3 aromatic carbocycles. The van der Waals surface area contributed by atoms with Gasteiger partial charge < -0.3 is 9.47 Å². The minimum atomic E-state index is -1.16. The molecule has 0 aromatic heterocycles. The average Bonchev–Trinajstić information content (AvgIpc) is 3.46. The van der Waals surface area contributed by atoms with Crippen molar-refractivity contribution in [3.05, 3.63) is 96.6 Å². The molecule has 3 fully saturated rings. The van der Waals surface area contributed by atoms with Crippen molar-refractivity contribution in [3.8, 4) is 11.5 Å². The molecule has 2 bridgehead atoms. The van der Waals surface area contributed by atoms with Gasteiger partial charge in [-0.3, -0.25) is 19.2 Å². The zero-order chi connectivity index (χ0) is 29.2. The van der Waals surface area contributed by atoms with Crippen LogP contribution in [-0.4, -0.2) is 36.8 Å². The van der Waals surface area contributed by atoms with Crippen molar-refractivity contribution >= 4 is 35.0 Å². The molecule has 1 saturated carbocycles. The predicted molar refractivity (Wildman–Crippen MR) is 155 cm³/mol. The summed E-state index contributed by atoms with van der Waals surface area (Å²) in [7, 11) is 0. The van der Waals surface area contributed by atoms with E-state index in [1.807, 2.05) is 56.3 Å². The van der Waals surface area contributed by atoms with Gasteiger partial charge >= 0.3 is 0 Å². The molecule has 2 aliphatic heterocycles. The first-order valence-corrected chi connectivity index (χ1v) is 14.4. The minimum absolute atomic E-state index is 0.345. The van der Waals surface area contributed by atoms with Gasteiger partial charge in [-0.15, -0.1) is 0 Å². The van der Waals surface area contributed by atoms with Crippen molar-refractivity contribution in [2.24, 2.45) is 29.6 Å². The number of carbonyl (C=O) groups excluding carboxylic acids is 4. The Bertz CT molecular complexity index is 1520. The smallest absolute Gasteiger partial charge is 0.238 e. The van der Waals surface area contributed by atoms with Crippen LogP contribution in [0.3, 0.4) is 0 Å². The first kappa shape index (κ1) is 26.2. The zero-order valence-corrected chi connectivity index (χ0v) is 23.3. The number of amides is 4. The zero-order valence-electron chi connectivity index (χ0n) is 23.3. The van der Waals surface area contributed by atoms with Gasteiger partial charge in [0.05, 0.1) is 48.3 Å². The number of nitrogens with zero attached hydrogens (tertiary/aromatic N) is 2. The van der Waals surface area contributed by atoms with Crippen LogP contribution in [0, 0.1) is 29.6 Å². The van der Waals surface area contributed by atoms with E-state index in [0.717, 1.165) is 5.56 Å². The number of allylic oxidation sites excluding steroid dienone is 2. The quantitative estimate of drug-likeness (QED) is 0.310. The summed E-state index contributed by atoms with van der Waals surface area (Å²) < 4.78 is 11.1. The molecule has 8 nitrogen and oxygen atoms in total. The molecule has 0 spiro atoms. The lowest BCUT2D eigenvalue weighted by Crippen LogP contribution is -2.60. The highest BCUT2D eigenvalue weighted by atomic mass is 16.5. The maximum Gasteiger partial charge on any atom is 0.238 e. The van der Waals surface area contributed by atoms with Gasteiger partial charge in [0.1, 0.15) is 11.5 Å². The van der Waals surface area contributed by atoms with E-state index < -0.39 is 35.0 Å². The van der Waals surface area contributed by atoms with Crippen LogP contribution in [0.15, 0.2) is 91.0 Å². The average molecular weight is 563 g/mol. The van der Waals surface area contributed by atoms with Crippen molar-refractivity contribution in [1.82, 2.24) is 0 Å². The molecule has 5 aliphatic rings. The largest absolute Gasteiger partial charge is 0.494 e. The van der Waals surface area contributed by atoms with Crippen LogP contribution in [0.5, 0.6) is 11.5 Å². The molecule has 0 radical (unpaired) electrons. The van der Waals surface area contributed by atoms with E-state index in [4.69, 9.17) is 9.47 Å². The van der Waals surface area contributed by atoms with Crippen LogP contribution in [0.25, 0.3) is 0 Å². The van der Waals surface area contributed by atoms with Gasteiger partial charge in [0.15, 0.2) is 0 Å². The molecular formula is C34H30N2O6. The van der Waals surface area contributed by atoms with E-state index in [1.54, 1.807) is 48.5 Å². The summed E-state index contributed by atoms with van der Waals surface area (Å²) in [4.78, 5) is 59.6. The maximum atomic E-state index is 14.4. The molecule has 212 valence electrons. The highest BCUT2D eigenvalue weighted by Gasteiger charge is 2.75. The van der Waals surface area contributed by atoms with Crippen molar-refractivity contribution in [2.45, 2.75) is 19.3 Å². The van der Waals surface area contributed by atoms with Crippen LogP contribution >= 0.6 is 0 Å². The fourth-order valence-electron chi connectivity index (χ4n) is 7.70. The molecular weight excluding hydrogens is 532 g/mol. The topological polar surface area (TPSA) is 93.2 Å². The van der Waals surface area contributed by atoms with Gasteiger partial charge in [0.2, 0.25) is 23.6 Å². The molecule has 8 rings (SSSR count). The number of carbonyl (C=O) groups is 4. The van der Waals surface area contributed by atoms with Gasteiger partial charge in [-0.2, -0.15) is 0 Å². The van der Waals surface area contributed by atoms with Crippen molar-refractivity contribution in [3.63, 3.8) is 0 Å². The van der Waals surface area contributed by atoms with E-state index >= 15 is 0 Å². The summed E-state index contributed by atoms with van der Waals surface area (Å²) in [5, 5.41) is 0.